The molecule has 6 heteroatoms. The van der Waals surface area contributed by atoms with E-state index in [0.29, 0.717) is 35.9 Å². The zero-order chi connectivity index (χ0) is 20.9. The monoisotopic (exact) mass is 403 g/mol. The summed E-state index contributed by atoms with van der Waals surface area (Å²) < 4.78 is 5.93. The summed E-state index contributed by atoms with van der Waals surface area (Å²) in [5, 5.41) is 11.9. The third-order valence-corrected chi connectivity index (χ3v) is 5.58. The van der Waals surface area contributed by atoms with Crippen LogP contribution in [0, 0.1) is 17.2 Å². The van der Waals surface area contributed by atoms with Crippen LogP contribution in [0.15, 0.2) is 48.5 Å². The summed E-state index contributed by atoms with van der Waals surface area (Å²) in [4.78, 5) is 26.7. The Morgan fingerprint density at radius 1 is 1.03 bits per heavy atom. The minimum absolute atomic E-state index is 0.00443. The maximum atomic E-state index is 12.8. The number of likely N-dealkylation sites (tertiary alicyclic amines) is 1. The van der Waals surface area contributed by atoms with Gasteiger partial charge >= 0.3 is 0 Å². The molecule has 30 heavy (non-hydrogen) atoms. The summed E-state index contributed by atoms with van der Waals surface area (Å²) in [6.07, 6.45) is 4.09. The molecule has 0 radical (unpaired) electrons. The minimum Gasteiger partial charge on any atom is -0.493 e. The molecular formula is C24H25N3O3. The van der Waals surface area contributed by atoms with Crippen LogP contribution in [0.4, 0.5) is 0 Å². The van der Waals surface area contributed by atoms with Gasteiger partial charge in [0.2, 0.25) is 0 Å². The first kappa shape index (κ1) is 20.0. The maximum absolute atomic E-state index is 12.8. The number of nitrogens with one attached hydrogen (secondary N) is 1. The lowest BCUT2D eigenvalue weighted by Crippen LogP contribution is -2.41. The average molecular weight is 403 g/mol. The van der Waals surface area contributed by atoms with Crippen LogP contribution in [0.25, 0.3) is 0 Å². The van der Waals surface area contributed by atoms with Gasteiger partial charge in [-0.05, 0) is 74.2 Å². The fourth-order valence-electron chi connectivity index (χ4n) is 3.67. The van der Waals surface area contributed by atoms with E-state index in [1.165, 1.54) is 0 Å². The molecule has 1 atom stereocenters. The van der Waals surface area contributed by atoms with Gasteiger partial charge in [-0.1, -0.05) is 0 Å². The number of carbonyl (C=O) groups excluding carboxylic acids is 2. The van der Waals surface area contributed by atoms with E-state index < -0.39 is 0 Å². The zero-order valence-corrected chi connectivity index (χ0v) is 16.8. The Bertz CT molecular complexity index is 943. The van der Waals surface area contributed by atoms with Gasteiger partial charge in [0.25, 0.3) is 11.8 Å². The number of carbonyl (C=O) groups is 2. The van der Waals surface area contributed by atoms with E-state index in [9.17, 15) is 9.59 Å². The summed E-state index contributed by atoms with van der Waals surface area (Å²) in [5.74, 6) is 0.955. The normalized spacial score (nSPS) is 18.4. The molecule has 154 valence electrons. The van der Waals surface area contributed by atoms with Gasteiger partial charge in [-0.25, -0.2) is 0 Å². The molecule has 0 aromatic heterocycles. The largest absolute Gasteiger partial charge is 0.493 e. The molecule has 0 spiro atoms. The Morgan fingerprint density at radius 3 is 2.40 bits per heavy atom. The number of nitriles is 1. The maximum Gasteiger partial charge on any atom is 0.253 e. The second-order valence-corrected chi connectivity index (χ2v) is 8.03. The van der Waals surface area contributed by atoms with Crippen molar-refractivity contribution < 1.29 is 14.3 Å². The van der Waals surface area contributed by atoms with Gasteiger partial charge in [-0.15, -0.1) is 0 Å². The van der Waals surface area contributed by atoms with E-state index in [1.54, 1.807) is 36.4 Å². The van der Waals surface area contributed by atoms with Crippen molar-refractivity contribution in [2.24, 2.45) is 5.92 Å². The molecule has 0 unspecified atom stereocenters. The fraction of sp³-hybridized carbons (Fsp3) is 0.375. The Kier molecular flexibility index (Phi) is 5.99. The van der Waals surface area contributed by atoms with Crippen LogP contribution >= 0.6 is 0 Å². The molecule has 6 nitrogen and oxygen atoms in total. The molecule has 2 aliphatic rings. The molecule has 1 heterocycles. The van der Waals surface area contributed by atoms with E-state index in [4.69, 9.17) is 10.00 Å². The summed E-state index contributed by atoms with van der Waals surface area (Å²) in [6, 6.07) is 16.4. The molecule has 2 amide bonds. The van der Waals surface area contributed by atoms with E-state index >= 15 is 0 Å². The van der Waals surface area contributed by atoms with E-state index in [-0.39, 0.29) is 17.7 Å². The molecule has 1 N–H and O–H groups in total. The first-order valence-electron chi connectivity index (χ1n) is 10.5. The third kappa shape index (κ3) is 4.98. The molecule has 2 aromatic rings. The minimum atomic E-state index is -0.0340. The molecule has 2 fully saturated rings. The fourth-order valence-corrected chi connectivity index (χ4v) is 3.67. The van der Waals surface area contributed by atoms with Gasteiger partial charge in [-0.3, -0.25) is 9.59 Å². The molecular weight excluding hydrogens is 378 g/mol. The van der Waals surface area contributed by atoms with Crippen LogP contribution in [0.1, 0.15) is 52.0 Å². The SMILES string of the molecule is N#Cc1ccc(C(=O)N2CCC[C@H](COc3ccc(C(=O)NC4CC4)cc3)C2)cc1. The van der Waals surface area contributed by atoms with Crippen LogP contribution < -0.4 is 10.1 Å². The number of ether oxygens (including phenoxy) is 1. The Labute approximate surface area is 176 Å². The number of rotatable bonds is 6. The average Bonchev–Trinajstić information content (AvgIpc) is 3.62. The number of piperidine rings is 1. The highest BCUT2D eigenvalue weighted by Crippen LogP contribution is 2.22. The summed E-state index contributed by atoms with van der Waals surface area (Å²) in [6.45, 7) is 1.92. The summed E-state index contributed by atoms with van der Waals surface area (Å²) >= 11 is 0. The van der Waals surface area contributed by atoms with Crippen molar-refractivity contribution in [3.05, 3.63) is 65.2 Å². The Balaban J connectivity index is 1.28. The first-order valence-corrected chi connectivity index (χ1v) is 10.5. The number of nitrogens with zero attached hydrogens (tertiary/aromatic N) is 2. The van der Waals surface area contributed by atoms with E-state index in [1.807, 2.05) is 17.0 Å². The van der Waals surface area contributed by atoms with E-state index in [2.05, 4.69) is 11.4 Å². The van der Waals surface area contributed by atoms with Crippen molar-refractivity contribution >= 4 is 11.8 Å². The van der Waals surface area contributed by atoms with Gasteiger partial charge in [0, 0.05) is 36.2 Å². The summed E-state index contributed by atoms with van der Waals surface area (Å²) in [7, 11) is 0. The Morgan fingerprint density at radius 2 is 1.73 bits per heavy atom. The third-order valence-electron chi connectivity index (χ3n) is 5.58. The Hall–Kier alpha value is -3.33. The summed E-state index contributed by atoms with van der Waals surface area (Å²) in [5.41, 5.74) is 1.80. The molecule has 2 aromatic carbocycles. The van der Waals surface area contributed by atoms with Crippen molar-refractivity contribution in [2.75, 3.05) is 19.7 Å². The van der Waals surface area contributed by atoms with Crippen LogP contribution in [-0.4, -0.2) is 42.5 Å². The van der Waals surface area contributed by atoms with Crippen LogP contribution in [0.2, 0.25) is 0 Å². The molecule has 0 bridgehead atoms. The number of amides is 2. The van der Waals surface area contributed by atoms with E-state index in [0.717, 1.165) is 38.0 Å². The van der Waals surface area contributed by atoms with Crippen molar-refractivity contribution in [1.82, 2.24) is 10.2 Å². The quantitative estimate of drug-likeness (QED) is 0.802. The van der Waals surface area contributed by atoms with Gasteiger partial charge in [0.15, 0.2) is 0 Å². The van der Waals surface area contributed by atoms with Crippen molar-refractivity contribution in [3.8, 4) is 11.8 Å². The van der Waals surface area contributed by atoms with Gasteiger partial charge in [0.1, 0.15) is 5.75 Å². The van der Waals surface area contributed by atoms with Crippen LogP contribution in [0.3, 0.4) is 0 Å². The number of hydrogen-bond donors (Lipinski definition) is 1. The van der Waals surface area contributed by atoms with Crippen LogP contribution in [0.5, 0.6) is 5.75 Å². The van der Waals surface area contributed by atoms with Gasteiger partial charge in [-0.2, -0.15) is 5.26 Å². The highest BCUT2D eigenvalue weighted by Gasteiger charge is 2.25. The predicted octanol–water partition coefficient (Wildman–Crippen LogP) is 3.38. The lowest BCUT2D eigenvalue weighted by Gasteiger charge is -2.32. The first-order chi connectivity index (χ1) is 14.6. The highest BCUT2D eigenvalue weighted by molar-refractivity contribution is 5.95. The van der Waals surface area contributed by atoms with Crippen molar-refractivity contribution in [3.63, 3.8) is 0 Å². The molecule has 1 saturated carbocycles. The lowest BCUT2D eigenvalue weighted by molar-refractivity contribution is 0.0633. The smallest absolute Gasteiger partial charge is 0.253 e. The topological polar surface area (TPSA) is 82.4 Å². The zero-order valence-electron chi connectivity index (χ0n) is 16.8. The standard InChI is InChI=1S/C24H25N3O3/c25-14-17-3-5-20(6-4-17)24(29)27-13-1-2-18(15-27)16-30-22-11-7-19(8-12-22)23(28)26-21-9-10-21/h3-8,11-12,18,21H,1-2,9-10,13,15-16H2,(H,26,28)/t18-/m0/s1. The number of benzene rings is 2. The lowest BCUT2D eigenvalue weighted by atomic mass is 9.98. The van der Waals surface area contributed by atoms with Gasteiger partial charge in [0.05, 0.1) is 18.2 Å². The van der Waals surface area contributed by atoms with Crippen molar-refractivity contribution in [1.29, 1.82) is 5.26 Å². The molecule has 1 aliphatic heterocycles. The second-order valence-electron chi connectivity index (χ2n) is 8.03. The van der Waals surface area contributed by atoms with Gasteiger partial charge < -0.3 is 15.0 Å². The highest BCUT2D eigenvalue weighted by atomic mass is 16.5. The van der Waals surface area contributed by atoms with Crippen LogP contribution in [-0.2, 0) is 0 Å². The predicted molar refractivity (Wildman–Crippen MR) is 112 cm³/mol. The second kappa shape index (κ2) is 9.00. The molecule has 1 saturated heterocycles. The number of hydrogen-bond acceptors (Lipinski definition) is 4. The molecule has 4 rings (SSSR count). The molecule has 1 aliphatic carbocycles. The van der Waals surface area contributed by atoms with Crippen molar-refractivity contribution in [2.45, 2.75) is 31.7 Å².